The molecule has 0 bridgehead atoms. The van der Waals surface area contributed by atoms with Crippen molar-refractivity contribution in [2.45, 2.75) is 33.1 Å². The number of benzene rings is 2. The van der Waals surface area contributed by atoms with Gasteiger partial charge in [-0.05, 0) is 42.2 Å². The van der Waals surface area contributed by atoms with Gasteiger partial charge in [0.1, 0.15) is 0 Å². The molecule has 140 valence electrons. The molecule has 0 saturated heterocycles. The van der Waals surface area contributed by atoms with Crippen LogP contribution in [0.5, 0.6) is 0 Å². The molecule has 6 heteroatoms. The first kappa shape index (κ1) is 19.3. The van der Waals surface area contributed by atoms with E-state index >= 15 is 0 Å². The summed E-state index contributed by atoms with van der Waals surface area (Å²) < 4.78 is 0.741. The normalized spacial score (nSPS) is 13.1. The smallest absolute Gasteiger partial charge is 0.261 e. The van der Waals surface area contributed by atoms with Crippen molar-refractivity contribution in [1.82, 2.24) is 4.90 Å². The van der Waals surface area contributed by atoms with E-state index in [-0.39, 0.29) is 30.7 Å². The van der Waals surface area contributed by atoms with Gasteiger partial charge in [-0.15, -0.1) is 0 Å². The molecule has 2 aromatic rings. The van der Waals surface area contributed by atoms with Crippen molar-refractivity contribution < 1.29 is 14.4 Å². The molecule has 1 N–H and O–H groups in total. The van der Waals surface area contributed by atoms with Gasteiger partial charge in [0.05, 0.1) is 11.1 Å². The molecule has 0 spiro atoms. The Morgan fingerprint density at radius 2 is 1.63 bits per heavy atom. The summed E-state index contributed by atoms with van der Waals surface area (Å²) in [5, 5.41) is 2.97. The highest BCUT2D eigenvalue weighted by Gasteiger charge is 2.35. The highest BCUT2D eigenvalue weighted by molar-refractivity contribution is 9.10. The molecular weight excluding hydrogens is 408 g/mol. The zero-order chi connectivity index (χ0) is 19.6. The van der Waals surface area contributed by atoms with Crippen LogP contribution in [0.2, 0.25) is 0 Å². The lowest BCUT2D eigenvalue weighted by Crippen LogP contribution is -2.33. The second-order valence-corrected chi connectivity index (χ2v) is 7.32. The standard InChI is InChI=1S/C21H21BrN2O3/c1-3-13-6-5-7-14(4-2)19(13)23-18(25)10-11-24-20(26)16-9-8-15(22)12-17(16)21(24)27/h5-9,12H,3-4,10-11H2,1-2H3,(H,23,25). The Balaban J connectivity index is 1.69. The van der Waals surface area contributed by atoms with Crippen LogP contribution in [0.25, 0.3) is 0 Å². The largest absolute Gasteiger partial charge is 0.326 e. The molecular formula is C21H21BrN2O3. The fraction of sp³-hybridized carbons (Fsp3) is 0.286. The second kappa shape index (κ2) is 8.05. The fourth-order valence-electron chi connectivity index (χ4n) is 3.28. The predicted octanol–water partition coefficient (Wildman–Crippen LogP) is 4.20. The number of fused-ring (bicyclic) bond motifs is 1. The van der Waals surface area contributed by atoms with Crippen LogP contribution >= 0.6 is 15.9 Å². The summed E-state index contributed by atoms with van der Waals surface area (Å²) in [7, 11) is 0. The molecule has 1 heterocycles. The number of para-hydroxylation sites is 1. The van der Waals surface area contributed by atoms with E-state index in [1.54, 1.807) is 18.2 Å². The van der Waals surface area contributed by atoms with Gasteiger partial charge in [0.2, 0.25) is 5.91 Å². The van der Waals surface area contributed by atoms with Gasteiger partial charge in [0, 0.05) is 23.1 Å². The molecule has 0 unspecified atom stereocenters. The van der Waals surface area contributed by atoms with Gasteiger partial charge in [-0.25, -0.2) is 0 Å². The molecule has 0 fully saturated rings. The highest BCUT2D eigenvalue weighted by atomic mass is 79.9. The van der Waals surface area contributed by atoms with Crippen molar-refractivity contribution >= 4 is 39.3 Å². The van der Waals surface area contributed by atoms with E-state index < -0.39 is 0 Å². The number of amides is 3. The van der Waals surface area contributed by atoms with Gasteiger partial charge >= 0.3 is 0 Å². The first-order chi connectivity index (χ1) is 13.0. The number of hydrogen-bond acceptors (Lipinski definition) is 3. The lowest BCUT2D eigenvalue weighted by Gasteiger charge is -2.16. The number of hydrogen-bond donors (Lipinski definition) is 1. The lowest BCUT2D eigenvalue weighted by atomic mass is 10.0. The van der Waals surface area contributed by atoms with Crippen molar-refractivity contribution in [2.75, 3.05) is 11.9 Å². The number of nitrogens with zero attached hydrogens (tertiary/aromatic N) is 1. The molecule has 27 heavy (non-hydrogen) atoms. The second-order valence-electron chi connectivity index (χ2n) is 6.41. The maximum absolute atomic E-state index is 12.5. The number of halogens is 1. The Morgan fingerprint density at radius 1 is 1.00 bits per heavy atom. The van der Waals surface area contributed by atoms with Gasteiger partial charge in [-0.3, -0.25) is 19.3 Å². The number of carbonyl (C=O) groups is 3. The minimum atomic E-state index is -0.354. The summed E-state index contributed by atoms with van der Waals surface area (Å²) in [5.74, 6) is -0.908. The van der Waals surface area contributed by atoms with Crippen LogP contribution in [-0.4, -0.2) is 29.2 Å². The molecule has 3 amide bonds. The van der Waals surface area contributed by atoms with E-state index in [9.17, 15) is 14.4 Å². The number of rotatable bonds is 6. The minimum Gasteiger partial charge on any atom is -0.326 e. The van der Waals surface area contributed by atoms with E-state index in [1.807, 2.05) is 32.0 Å². The Hall–Kier alpha value is -2.47. The Kier molecular flexibility index (Phi) is 5.75. The average Bonchev–Trinajstić information content (AvgIpc) is 2.90. The summed E-state index contributed by atoms with van der Waals surface area (Å²) >= 11 is 3.31. The van der Waals surface area contributed by atoms with Gasteiger partial charge in [0.25, 0.3) is 11.8 Å². The maximum Gasteiger partial charge on any atom is 0.261 e. The molecule has 2 aromatic carbocycles. The molecule has 0 saturated carbocycles. The first-order valence-electron chi connectivity index (χ1n) is 9.02. The average molecular weight is 429 g/mol. The SMILES string of the molecule is CCc1cccc(CC)c1NC(=O)CCN1C(=O)c2ccc(Br)cc2C1=O. The molecule has 0 aromatic heterocycles. The fourth-order valence-corrected chi connectivity index (χ4v) is 3.65. The number of imide groups is 1. The van der Waals surface area contributed by atoms with Crippen LogP contribution in [0, 0.1) is 0 Å². The quantitative estimate of drug-likeness (QED) is 0.700. The number of carbonyl (C=O) groups excluding carboxylic acids is 3. The minimum absolute atomic E-state index is 0.0611. The van der Waals surface area contributed by atoms with Crippen LogP contribution < -0.4 is 5.32 Å². The third kappa shape index (κ3) is 3.81. The van der Waals surface area contributed by atoms with Crippen molar-refractivity contribution in [3.63, 3.8) is 0 Å². The van der Waals surface area contributed by atoms with E-state index in [0.29, 0.717) is 11.1 Å². The van der Waals surface area contributed by atoms with E-state index in [2.05, 4.69) is 21.2 Å². The van der Waals surface area contributed by atoms with E-state index in [1.165, 1.54) is 0 Å². The molecule has 3 rings (SSSR count). The van der Waals surface area contributed by atoms with Crippen molar-refractivity contribution in [1.29, 1.82) is 0 Å². The molecule has 0 aliphatic carbocycles. The number of aryl methyl sites for hydroxylation is 2. The van der Waals surface area contributed by atoms with Crippen LogP contribution in [-0.2, 0) is 17.6 Å². The zero-order valence-corrected chi connectivity index (χ0v) is 16.9. The summed E-state index contributed by atoms with van der Waals surface area (Å²) in [6.07, 6.45) is 1.70. The van der Waals surface area contributed by atoms with Gasteiger partial charge in [0.15, 0.2) is 0 Å². The van der Waals surface area contributed by atoms with Crippen molar-refractivity contribution in [2.24, 2.45) is 0 Å². The van der Waals surface area contributed by atoms with Crippen molar-refractivity contribution in [3.8, 4) is 0 Å². The molecule has 0 atom stereocenters. The Morgan fingerprint density at radius 3 is 2.26 bits per heavy atom. The maximum atomic E-state index is 12.5. The molecule has 1 aliphatic heterocycles. The van der Waals surface area contributed by atoms with Crippen LogP contribution in [0.15, 0.2) is 40.9 Å². The molecule has 5 nitrogen and oxygen atoms in total. The summed E-state index contributed by atoms with van der Waals surface area (Å²) in [6, 6.07) is 11.0. The van der Waals surface area contributed by atoms with Crippen LogP contribution in [0.4, 0.5) is 5.69 Å². The molecule has 1 aliphatic rings. The summed E-state index contributed by atoms with van der Waals surface area (Å²) in [5.41, 5.74) is 3.76. The summed E-state index contributed by atoms with van der Waals surface area (Å²) in [6.45, 7) is 4.15. The number of nitrogens with one attached hydrogen (secondary N) is 1. The topological polar surface area (TPSA) is 66.5 Å². The van der Waals surface area contributed by atoms with E-state index in [4.69, 9.17) is 0 Å². The third-order valence-electron chi connectivity index (χ3n) is 4.76. The lowest BCUT2D eigenvalue weighted by molar-refractivity contribution is -0.116. The molecule has 0 radical (unpaired) electrons. The number of anilines is 1. The van der Waals surface area contributed by atoms with Crippen LogP contribution in [0.3, 0.4) is 0 Å². The third-order valence-corrected chi connectivity index (χ3v) is 5.25. The Labute approximate surface area is 166 Å². The monoisotopic (exact) mass is 428 g/mol. The van der Waals surface area contributed by atoms with E-state index in [0.717, 1.165) is 39.0 Å². The highest BCUT2D eigenvalue weighted by Crippen LogP contribution is 2.26. The first-order valence-corrected chi connectivity index (χ1v) is 9.81. The predicted molar refractivity (Wildman–Crippen MR) is 108 cm³/mol. The van der Waals surface area contributed by atoms with Gasteiger partial charge in [-0.2, -0.15) is 0 Å². The summed E-state index contributed by atoms with van der Waals surface area (Å²) in [4.78, 5) is 38.6. The van der Waals surface area contributed by atoms with Gasteiger partial charge in [-0.1, -0.05) is 48.0 Å². The van der Waals surface area contributed by atoms with Crippen LogP contribution in [0.1, 0.15) is 52.1 Å². The van der Waals surface area contributed by atoms with Crippen molar-refractivity contribution in [3.05, 3.63) is 63.1 Å². The van der Waals surface area contributed by atoms with Gasteiger partial charge < -0.3 is 5.32 Å². The zero-order valence-electron chi connectivity index (χ0n) is 15.3. The Bertz CT molecular complexity index is 901.